The number of benzene rings is 1. The number of nitrogens with one attached hydrogen (secondary N) is 2. The third-order valence-electron chi connectivity index (χ3n) is 5.03. The second-order valence-corrected chi connectivity index (χ2v) is 7.24. The van der Waals surface area contributed by atoms with Crippen LogP contribution in [0.4, 0.5) is 5.69 Å². The number of hydrogen-bond donors (Lipinski definition) is 3. The molecule has 0 radical (unpaired) electrons. The number of piperidine rings is 1. The highest BCUT2D eigenvalue weighted by Crippen LogP contribution is 2.32. The summed E-state index contributed by atoms with van der Waals surface area (Å²) in [6.07, 6.45) is 0.630. The number of rotatable bonds is 5. The van der Waals surface area contributed by atoms with E-state index < -0.39 is 41.7 Å². The summed E-state index contributed by atoms with van der Waals surface area (Å²) in [7, 11) is 0. The van der Waals surface area contributed by atoms with Crippen molar-refractivity contribution in [3.05, 3.63) is 41.2 Å². The predicted octanol–water partition coefficient (Wildman–Crippen LogP) is -0.629. The van der Waals surface area contributed by atoms with Gasteiger partial charge in [-0.15, -0.1) is 5.10 Å². The van der Waals surface area contributed by atoms with Crippen LogP contribution in [0.25, 0.3) is 0 Å². The Morgan fingerprint density at radius 2 is 2.06 bits per heavy atom. The maximum Gasteiger partial charge on any atom is 0.264 e. The molecule has 2 unspecified atom stereocenters. The molecule has 3 heterocycles. The Hall–Kier alpha value is -3.93. The van der Waals surface area contributed by atoms with Gasteiger partial charge in [0.1, 0.15) is 18.3 Å². The van der Waals surface area contributed by atoms with Gasteiger partial charge in [0.05, 0.1) is 29.1 Å². The van der Waals surface area contributed by atoms with Crippen molar-refractivity contribution in [2.75, 3.05) is 5.32 Å². The van der Waals surface area contributed by atoms with Crippen molar-refractivity contribution in [3.8, 4) is 0 Å². The van der Waals surface area contributed by atoms with Crippen LogP contribution in [0.3, 0.4) is 0 Å². The van der Waals surface area contributed by atoms with Crippen LogP contribution in [-0.4, -0.2) is 60.6 Å². The molecule has 12 nitrogen and oxygen atoms in total. The summed E-state index contributed by atoms with van der Waals surface area (Å²) >= 11 is 0. The number of carbonyl (C=O) groups excluding carboxylic acids is 5. The topological polar surface area (TPSA) is 164 Å². The summed E-state index contributed by atoms with van der Waals surface area (Å²) < 4.78 is 1.23. The van der Waals surface area contributed by atoms with Crippen LogP contribution in [0.5, 0.6) is 0 Å². The van der Waals surface area contributed by atoms with Crippen LogP contribution in [0.1, 0.15) is 52.3 Å². The molecule has 1 aromatic heterocycles. The standard InChI is InChI=1S/C19H18N6O6/c1-9(26)12-7-24(23-22-12)8-15(28)20-11-4-2-3-10-16(11)19(31)25(18(10)30)13-5-6-14(27)21-17(13)29/h2-4,7,9,13,26H,5-6,8H2,1H3,(H,20,28)(H,21,27,29). The van der Waals surface area contributed by atoms with E-state index in [1.807, 2.05) is 0 Å². The molecule has 3 N–H and O–H groups in total. The van der Waals surface area contributed by atoms with Crippen LogP contribution < -0.4 is 10.6 Å². The average molecular weight is 426 g/mol. The third kappa shape index (κ3) is 3.68. The number of fused-ring (bicyclic) bond motifs is 1. The van der Waals surface area contributed by atoms with E-state index in [0.29, 0.717) is 5.69 Å². The van der Waals surface area contributed by atoms with Gasteiger partial charge in [-0.2, -0.15) is 0 Å². The number of hydrogen-bond acceptors (Lipinski definition) is 8. The molecule has 12 heteroatoms. The maximum atomic E-state index is 13.0. The molecule has 1 saturated heterocycles. The molecule has 1 fully saturated rings. The lowest BCUT2D eigenvalue weighted by atomic mass is 10.0. The second kappa shape index (κ2) is 7.72. The lowest BCUT2D eigenvalue weighted by molar-refractivity contribution is -0.136. The van der Waals surface area contributed by atoms with Gasteiger partial charge >= 0.3 is 0 Å². The van der Waals surface area contributed by atoms with Gasteiger partial charge < -0.3 is 10.4 Å². The molecule has 2 atom stereocenters. The number of imide groups is 2. The fourth-order valence-electron chi connectivity index (χ4n) is 3.54. The van der Waals surface area contributed by atoms with Crippen molar-refractivity contribution in [2.24, 2.45) is 0 Å². The molecular formula is C19H18N6O6. The highest BCUT2D eigenvalue weighted by atomic mass is 16.3. The molecular weight excluding hydrogens is 408 g/mol. The van der Waals surface area contributed by atoms with Gasteiger partial charge in [-0.3, -0.25) is 34.2 Å². The van der Waals surface area contributed by atoms with Gasteiger partial charge in [-0.05, 0) is 25.5 Å². The average Bonchev–Trinajstić information content (AvgIpc) is 3.27. The molecule has 31 heavy (non-hydrogen) atoms. The lowest BCUT2D eigenvalue weighted by Gasteiger charge is -2.27. The number of aliphatic hydroxyl groups is 1. The van der Waals surface area contributed by atoms with Gasteiger partial charge in [-0.25, -0.2) is 4.68 Å². The van der Waals surface area contributed by atoms with Gasteiger partial charge in [0.15, 0.2) is 0 Å². The fourth-order valence-corrected chi connectivity index (χ4v) is 3.54. The Morgan fingerprint density at radius 1 is 1.29 bits per heavy atom. The van der Waals surface area contributed by atoms with Crippen LogP contribution in [0.2, 0.25) is 0 Å². The maximum absolute atomic E-state index is 13.0. The van der Waals surface area contributed by atoms with Gasteiger partial charge in [0.2, 0.25) is 17.7 Å². The SMILES string of the molecule is CC(O)c1cn(CC(=O)Nc2cccc3c2C(=O)N(C2CCC(=O)NC2=O)C3=O)nn1. The fraction of sp³-hybridized carbons (Fsp3) is 0.316. The second-order valence-electron chi connectivity index (χ2n) is 7.24. The van der Waals surface area contributed by atoms with Crippen molar-refractivity contribution < 1.29 is 29.1 Å². The zero-order valence-corrected chi connectivity index (χ0v) is 16.4. The number of aliphatic hydroxyl groups excluding tert-OH is 1. The summed E-state index contributed by atoms with van der Waals surface area (Å²) in [6, 6.07) is 3.32. The van der Waals surface area contributed by atoms with E-state index >= 15 is 0 Å². The van der Waals surface area contributed by atoms with Crippen LogP contribution in [0, 0.1) is 0 Å². The summed E-state index contributed by atoms with van der Waals surface area (Å²) in [5.74, 6) is -3.09. The van der Waals surface area contributed by atoms with Crippen molar-refractivity contribution in [1.82, 2.24) is 25.2 Å². The Kier molecular flexibility index (Phi) is 5.07. The molecule has 5 amide bonds. The minimum absolute atomic E-state index is 0.0136. The van der Waals surface area contributed by atoms with Gasteiger partial charge in [0, 0.05) is 6.42 Å². The zero-order valence-electron chi connectivity index (χ0n) is 16.4. The number of amides is 5. The number of anilines is 1. The zero-order chi connectivity index (χ0) is 22.3. The lowest BCUT2D eigenvalue weighted by Crippen LogP contribution is -2.54. The molecule has 2 aliphatic rings. The third-order valence-corrected chi connectivity index (χ3v) is 5.03. The Bertz CT molecular complexity index is 1120. The highest BCUT2D eigenvalue weighted by molar-refractivity contribution is 6.26. The monoisotopic (exact) mass is 426 g/mol. The minimum atomic E-state index is -1.09. The molecule has 2 aromatic rings. The first-order valence-corrected chi connectivity index (χ1v) is 9.49. The summed E-state index contributed by atoms with van der Waals surface area (Å²) in [5, 5.41) is 21.7. The number of nitrogens with zero attached hydrogens (tertiary/aromatic N) is 4. The molecule has 1 aromatic carbocycles. The summed E-state index contributed by atoms with van der Waals surface area (Å²) in [6.45, 7) is 1.28. The largest absolute Gasteiger partial charge is 0.387 e. The molecule has 0 aliphatic carbocycles. The van der Waals surface area contributed by atoms with Crippen molar-refractivity contribution in [2.45, 2.75) is 38.5 Å². The Balaban J connectivity index is 1.55. The van der Waals surface area contributed by atoms with E-state index in [-0.39, 0.29) is 36.2 Å². The first kappa shape index (κ1) is 20.3. The van der Waals surface area contributed by atoms with Crippen molar-refractivity contribution in [1.29, 1.82) is 0 Å². The molecule has 160 valence electrons. The Labute approximate surface area is 175 Å². The van der Waals surface area contributed by atoms with E-state index in [2.05, 4.69) is 20.9 Å². The van der Waals surface area contributed by atoms with Gasteiger partial charge in [-0.1, -0.05) is 11.3 Å². The number of carbonyl (C=O) groups is 5. The predicted molar refractivity (Wildman–Crippen MR) is 102 cm³/mol. The quantitative estimate of drug-likeness (QED) is 0.532. The van der Waals surface area contributed by atoms with E-state index in [1.54, 1.807) is 0 Å². The summed E-state index contributed by atoms with van der Waals surface area (Å²) in [5.41, 5.74) is 0.457. The van der Waals surface area contributed by atoms with E-state index in [0.717, 1.165) is 4.90 Å². The molecule has 4 rings (SSSR count). The minimum Gasteiger partial charge on any atom is -0.387 e. The first-order valence-electron chi connectivity index (χ1n) is 9.49. The first-order chi connectivity index (χ1) is 14.8. The van der Waals surface area contributed by atoms with Crippen LogP contribution in [-0.2, 0) is 20.9 Å². The molecule has 0 bridgehead atoms. The number of aromatic nitrogens is 3. The van der Waals surface area contributed by atoms with Gasteiger partial charge in [0.25, 0.3) is 11.8 Å². The van der Waals surface area contributed by atoms with E-state index in [9.17, 15) is 29.1 Å². The Morgan fingerprint density at radius 3 is 2.74 bits per heavy atom. The van der Waals surface area contributed by atoms with Crippen LogP contribution in [0.15, 0.2) is 24.4 Å². The molecule has 0 saturated carbocycles. The van der Waals surface area contributed by atoms with Crippen molar-refractivity contribution in [3.63, 3.8) is 0 Å². The van der Waals surface area contributed by atoms with Crippen LogP contribution >= 0.6 is 0 Å². The highest BCUT2D eigenvalue weighted by Gasteiger charge is 2.45. The molecule has 2 aliphatic heterocycles. The normalized spacial score (nSPS) is 19.3. The van der Waals surface area contributed by atoms with Crippen molar-refractivity contribution >= 4 is 35.2 Å². The smallest absolute Gasteiger partial charge is 0.264 e. The van der Waals surface area contributed by atoms with E-state index in [4.69, 9.17) is 0 Å². The molecule has 0 spiro atoms. The van der Waals surface area contributed by atoms with E-state index in [1.165, 1.54) is 36.0 Å². The summed E-state index contributed by atoms with van der Waals surface area (Å²) in [4.78, 5) is 62.6.